The van der Waals surface area contributed by atoms with Gasteiger partial charge in [-0.25, -0.2) is 0 Å². The molecule has 0 heterocycles. The standard InChI is InChI=1S/C16H27NO2/c1-4-5-6-7-8-9-10-17-14-11-15(18-2)13-16(12-14)19-3/h11-13,17H,4-10H2,1-3H3. The highest BCUT2D eigenvalue weighted by atomic mass is 16.5. The van der Waals surface area contributed by atoms with Crippen molar-refractivity contribution < 1.29 is 9.47 Å². The molecule has 0 saturated heterocycles. The molecule has 1 aromatic carbocycles. The van der Waals surface area contributed by atoms with Crippen LogP contribution < -0.4 is 14.8 Å². The third-order valence-corrected chi connectivity index (χ3v) is 3.21. The number of ether oxygens (including phenoxy) is 2. The summed E-state index contributed by atoms with van der Waals surface area (Å²) in [6.45, 7) is 3.25. The Hall–Kier alpha value is -1.38. The lowest BCUT2D eigenvalue weighted by molar-refractivity contribution is 0.394. The zero-order chi connectivity index (χ0) is 13.9. The molecule has 0 saturated carbocycles. The Kier molecular flexibility index (Phi) is 7.87. The van der Waals surface area contributed by atoms with Crippen LogP contribution in [0.4, 0.5) is 5.69 Å². The zero-order valence-electron chi connectivity index (χ0n) is 12.5. The lowest BCUT2D eigenvalue weighted by Gasteiger charge is -2.10. The summed E-state index contributed by atoms with van der Waals surface area (Å²) in [5.74, 6) is 1.65. The van der Waals surface area contributed by atoms with Crippen molar-refractivity contribution in [2.24, 2.45) is 0 Å². The Morgan fingerprint density at radius 3 is 2.00 bits per heavy atom. The molecule has 0 aliphatic heterocycles. The Morgan fingerprint density at radius 2 is 1.42 bits per heavy atom. The van der Waals surface area contributed by atoms with Crippen LogP contribution in [0.2, 0.25) is 0 Å². The highest BCUT2D eigenvalue weighted by Gasteiger charge is 2.01. The van der Waals surface area contributed by atoms with E-state index in [2.05, 4.69) is 12.2 Å². The third kappa shape index (κ3) is 6.37. The molecule has 0 radical (unpaired) electrons. The second-order valence-electron chi connectivity index (χ2n) is 4.80. The van der Waals surface area contributed by atoms with Crippen LogP contribution in [0, 0.1) is 0 Å². The van der Waals surface area contributed by atoms with Gasteiger partial charge in [-0.1, -0.05) is 39.0 Å². The van der Waals surface area contributed by atoms with Gasteiger partial charge in [0.2, 0.25) is 0 Å². The van der Waals surface area contributed by atoms with Gasteiger partial charge < -0.3 is 14.8 Å². The first-order chi connectivity index (χ1) is 9.30. The van der Waals surface area contributed by atoms with Crippen molar-refractivity contribution in [3.63, 3.8) is 0 Å². The number of benzene rings is 1. The van der Waals surface area contributed by atoms with E-state index in [-0.39, 0.29) is 0 Å². The van der Waals surface area contributed by atoms with E-state index >= 15 is 0 Å². The largest absolute Gasteiger partial charge is 0.497 e. The molecule has 0 unspecified atom stereocenters. The maximum Gasteiger partial charge on any atom is 0.124 e. The van der Waals surface area contributed by atoms with E-state index in [0.717, 1.165) is 23.7 Å². The summed E-state index contributed by atoms with van der Waals surface area (Å²) >= 11 is 0. The SMILES string of the molecule is CCCCCCCCNc1cc(OC)cc(OC)c1. The summed E-state index contributed by atoms with van der Waals surface area (Å²) in [6.07, 6.45) is 7.89. The van der Waals surface area contributed by atoms with Crippen LogP contribution in [0.15, 0.2) is 18.2 Å². The minimum atomic E-state index is 0.824. The zero-order valence-corrected chi connectivity index (χ0v) is 12.5. The molecule has 0 amide bonds. The van der Waals surface area contributed by atoms with Gasteiger partial charge in [0.1, 0.15) is 11.5 Å². The summed E-state index contributed by atoms with van der Waals surface area (Å²) in [5, 5.41) is 3.42. The van der Waals surface area contributed by atoms with Gasteiger partial charge in [0.25, 0.3) is 0 Å². The maximum atomic E-state index is 5.25. The predicted molar refractivity (Wildman–Crippen MR) is 81.4 cm³/mol. The van der Waals surface area contributed by atoms with Crippen molar-refractivity contribution >= 4 is 5.69 Å². The smallest absolute Gasteiger partial charge is 0.124 e. The van der Waals surface area contributed by atoms with Crippen molar-refractivity contribution in [2.75, 3.05) is 26.1 Å². The van der Waals surface area contributed by atoms with Crippen LogP contribution in [-0.2, 0) is 0 Å². The van der Waals surface area contributed by atoms with Gasteiger partial charge in [0.15, 0.2) is 0 Å². The number of methoxy groups -OCH3 is 2. The molecule has 108 valence electrons. The molecular formula is C16H27NO2. The minimum Gasteiger partial charge on any atom is -0.497 e. The van der Waals surface area contributed by atoms with E-state index < -0.39 is 0 Å². The van der Waals surface area contributed by atoms with Crippen LogP contribution in [0.5, 0.6) is 11.5 Å². The molecule has 3 heteroatoms. The van der Waals surface area contributed by atoms with Crippen molar-refractivity contribution in [1.82, 2.24) is 0 Å². The number of nitrogens with one attached hydrogen (secondary N) is 1. The highest BCUT2D eigenvalue weighted by Crippen LogP contribution is 2.25. The molecule has 1 aromatic rings. The summed E-state index contributed by atoms with van der Waals surface area (Å²) in [6, 6.07) is 5.88. The predicted octanol–water partition coefficient (Wildman–Crippen LogP) is 4.48. The van der Waals surface area contributed by atoms with E-state index in [1.807, 2.05) is 18.2 Å². The second kappa shape index (κ2) is 9.54. The van der Waals surface area contributed by atoms with Crippen LogP contribution in [0.3, 0.4) is 0 Å². The fourth-order valence-electron chi connectivity index (χ4n) is 2.05. The molecule has 1 rings (SSSR count). The van der Waals surface area contributed by atoms with E-state index in [0.29, 0.717) is 0 Å². The van der Waals surface area contributed by atoms with Crippen molar-refractivity contribution in [3.8, 4) is 11.5 Å². The first-order valence-electron chi connectivity index (χ1n) is 7.27. The van der Waals surface area contributed by atoms with E-state index in [1.54, 1.807) is 14.2 Å². The van der Waals surface area contributed by atoms with Crippen LogP contribution in [-0.4, -0.2) is 20.8 Å². The maximum absolute atomic E-state index is 5.25. The Bertz CT molecular complexity index is 330. The molecule has 0 aromatic heterocycles. The molecule has 0 spiro atoms. The van der Waals surface area contributed by atoms with E-state index in [1.165, 1.54) is 38.5 Å². The monoisotopic (exact) mass is 265 g/mol. The molecule has 19 heavy (non-hydrogen) atoms. The molecule has 3 nitrogen and oxygen atoms in total. The average molecular weight is 265 g/mol. The summed E-state index contributed by atoms with van der Waals surface area (Å²) in [4.78, 5) is 0. The summed E-state index contributed by atoms with van der Waals surface area (Å²) in [7, 11) is 3.35. The van der Waals surface area contributed by atoms with Crippen LogP contribution >= 0.6 is 0 Å². The van der Waals surface area contributed by atoms with Gasteiger partial charge in [-0.15, -0.1) is 0 Å². The van der Waals surface area contributed by atoms with E-state index in [9.17, 15) is 0 Å². The van der Waals surface area contributed by atoms with Gasteiger partial charge in [-0.05, 0) is 6.42 Å². The highest BCUT2D eigenvalue weighted by molar-refractivity contribution is 5.53. The summed E-state index contributed by atoms with van der Waals surface area (Å²) < 4.78 is 10.5. The van der Waals surface area contributed by atoms with Gasteiger partial charge >= 0.3 is 0 Å². The fraction of sp³-hybridized carbons (Fsp3) is 0.625. The van der Waals surface area contributed by atoms with Crippen molar-refractivity contribution in [2.45, 2.75) is 45.4 Å². The topological polar surface area (TPSA) is 30.5 Å². The second-order valence-corrected chi connectivity index (χ2v) is 4.80. The molecule has 0 aliphatic rings. The average Bonchev–Trinajstić information content (AvgIpc) is 2.45. The molecule has 0 aliphatic carbocycles. The Balaban J connectivity index is 2.28. The third-order valence-electron chi connectivity index (χ3n) is 3.21. The molecule has 0 fully saturated rings. The lowest BCUT2D eigenvalue weighted by atomic mass is 10.1. The quantitative estimate of drug-likeness (QED) is 0.633. The number of hydrogen-bond acceptors (Lipinski definition) is 3. The molecule has 0 bridgehead atoms. The first-order valence-corrected chi connectivity index (χ1v) is 7.27. The number of unbranched alkanes of at least 4 members (excludes halogenated alkanes) is 5. The van der Waals surface area contributed by atoms with Gasteiger partial charge in [-0.2, -0.15) is 0 Å². The molecular weight excluding hydrogens is 238 g/mol. The van der Waals surface area contributed by atoms with Gasteiger partial charge in [0.05, 0.1) is 14.2 Å². The number of rotatable bonds is 10. The lowest BCUT2D eigenvalue weighted by Crippen LogP contribution is -2.02. The minimum absolute atomic E-state index is 0.824. The number of anilines is 1. The normalized spacial score (nSPS) is 10.3. The van der Waals surface area contributed by atoms with Crippen LogP contribution in [0.25, 0.3) is 0 Å². The van der Waals surface area contributed by atoms with Crippen LogP contribution in [0.1, 0.15) is 45.4 Å². The Labute approximate surface area is 117 Å². The van der Waals surface area contributed by atoms with Gasteiger partial charge in [-0.3, -0.25) is 0 Å². The van der Waals surface area contributed by atoms with Gasteiger partial charge in [0, 0.05) is 30.4 Å². The first kappa shape index (κ1) is 15.7. The fourth-order valence-corrected chi connectivity index (χ4v) is 2.05. The number of hydrogen-bond donors (Lipinski definition) is 1. The summed E-state index contributed by atoms with van der Waals surface area (Å²) in [5.41, 5.74) is 1.06. The molecule has 1 N–H and O–H groups in total. The van der Waals surface area contributed by atoms with E-state index in [4.69, 9.17) is 9.47 Å². The molecule has 0 atom stereocenters. The Morgan fingerprint density at radius 1 is 0.842 bits per heavy atom. The van der Waals surface area contributed by atoms with Crippen molar-refractivity contribution in [3.05, 3.63) is 18.2 Å². The van der Waals surface area contributed by atoms with Crippen molar-refractivity contribution in [1.29, 1.82) is 0 Å².